The molecule has 0 aromatic carbocycles. The Morgan fingerprint density at radius 3 is 2.93 bits per heavy atom. The zero-order chi connectivity index (χ0) is 10.7. The second kappa shape index (κ2) is 4.49. The highest BCUT2D eigenvalue weighted by Crippen LogP contribution is 2.28. The van der Waals surface area contributed by atoms with Gasteiger partial charge in [0.2, 0.25) is 0 Å². The monoisotopic (exact) mass is 209 g/mol. The van der Waals surface area contributed by atoms with Crippen molar-refractivity contribution in [2.75, 3.05) is 6.54 Å². The highest BCUT2D eigenvalue weighted by atomic mass is 16.4. The normalized spacial score (nSPS) is 15.8. The van der Waals surface area contributed by atoms with E-state index in [1.807, 2.05) is 6.07 Å². The number of carboxylic acid groups (broad SMARTS) is 1. The van der Waals surface area contributed by atoms with Gasteiger partial charge in [-0.05, 0) is 18.9 Å². The zero-order valence-electron chi connectivity index (χ0n) is 8.56. The van der Waals surface area contributed by atoms with Crippen molar-refractivity contribution >= 4 is 5.97 Å². The van der Waals surface area contributed by atoms with Crippen LogP contribution in [0.4, 0.5) is 0 Å². The van der Waals surface area contributed by atoms with Gasteiger partial charge < -0.3 is 9.52 Å². The van der Waals surface area contributed by atoms with Crippen LogP contribution >= 0.6 is 0 Å². The molecule has 1 saturated carbocycles. The predicted molar refractivity (Wildman–Crippen MR) is 54.4 cm³/mol. The third-order valence-corrected chi connectivity index (χ3v) is 2.64. The summed E-state index contributed by atoms with van der Waals surface area (Å²) in [4.78, 5) is 12.7. The van der Waals surface area contributed by atoms with Crippen LogP contribution in [0.1, 0.15) is 24.8 Å². The minimum atomic E-state index is -0.729. The molecule has 0 saturated heterocycles. The molecule has 4 nitrogen and oxygen atoms in total. The molecule has 1 N–H and O–H groups in total. The second-order valence-electron chi connectivity index (χ2n) is 3.98. The summed E-state index contributed by atoms with van der Waals surface area (Å²) in [6.07, 6.45) is 5.97. The molecule has 1 aromatic heterocycles. The Morgan fingerprint density at radius 2 is 2.40 bits per heavy atom. The van der Waals surface area contributed by atoms with Gasteiger partial charge in [-0.2, -0.15) is 0 Å². The van der Waals surface area contributed by atoms with Gasteiger partial charge in [0.05, 0.1) is 18.9 Å². The lowest BCUT2D eigenvalue weighted by atomic mass is 10.3. The van der Waals surface area contributed by atoms with E-state index < -0.39 is 5.97 Å². The van der Waals surface area contributed by atoms with E-state index in [0.717, 1.165) is 12.1 Å². The van der Waals surface area contributed by atoms with Crippen LogP contribution in [-0.4, -0.2) is 28.6 Å². The van der Waals surface area contributed by atoms with Crippen LogP contribution in [0.5, 0.6) is 0 Å². The maximum atomic E-state index is 10.5. The maximum Gasteiger partial charge on any atom is 0.304 e. The van der Waals surface area contributed by atoms with E-state index >= 15 is 0 Å². The van der Waals surface area contributed by atoms with Crippen molar-refractivity contribution in [2.24, 2.45) is 0 Å². The minimum absolute atomic E-state index is 0.217. The van der Waals surface area contributed by atoms with Gasteiger partial charge >= 0.3 is 5.97 Å². The van der Waals surface area contributed by atoms with Crippen molar-refractivity contribution in [1.29, 1.82) is 0 Å². The van der Waals surface area contributed by atoms with Gasteiger partial charge in [0, 0.05) is 24.7 Å². The van der Waals surface area contributed by atoms with Crippen LogP contribution in [0.2, 0.25) is 0 Å². The minimum Gasteiger partial charge on any atom is -0.481 e. The number of furan rings is 1. The molecule has 0 bridgehead atoms. The van der Waals surface area contributed by atoms with Crippen molar-refractivity contribution in [3.63, 3.8) is 0 Å². The lowest BCUT2D eigenvalue weighted by Gasteiger charge is -2.19. The zero-order valence-corrected chi connectivity index (χ0v) is 8.56. The fourth-order valence-electron chi connectivity index (χ4n) is 1.69. The Labute approximate surface area is 88.5 Å². The number of rotatable bonds is 6. The Bertz CT molecular complexity index is 317. The van der Waals surface area contributed by atoms with E-state index in [1.54, 1.807) is 12.5 Å². The number of hydrogen-bond acceptors (Lipinski definition) is 3. The first-order valence-electron chi connectivity index (χ1n) is 5.22. The average molecular weight is 209 g/mol. The fraction of sp³-hybridized carbons (Fsp3) is 0.545. The lowest BCUT2D eigenvalue weighted by molar-refractivity contribution is -0.137. The van der Waals surface area contributed by atoms with E-state index in [4.69, 9.17) is 9.52 Å². The fourth-order valence-corrected chi connectivity index (χ4v) is 1.69. The van der Waals surface area contributed by atoms with E-state index in [2.05, 4.69) is 4.90 Å². The number of carboxylic acids is 1. The smallest absolute Gasteiger partial charge is 0.304 e. The van der Waals surface area contributed by atoms with Gasteiger partial charge in [-0.15, -0.1) is 0 Å². The number of carbonyl (C=O) groups is 1. The SMILES string of the molecule is O=C(O)CCN(Cc1ccoc1)C1CC1. The molecule has 0 radical (unpaired) electrons. The Kier molecular flexibility index (Phi) is 3.06. The summed E-state index contributed by atoms with van der Waals surface area (Å²) < 4.78 is 5.00. The van der Waals surface area contributed by atoms with Gasteiger partial charge in [0.25, 0.3) is 0 Å². The van der Waals surface area contributed by atoms with Gasteiger partial charge in [-0.3, -0.25) is 9.69 Å². The molecule has 0 amide bonds. The third kappa shape index (κ3) is 3.09. The summed E-state index contributed by atoms with van der Waals surface area (Å²) in [6.45, 7) is 1.43. The Morgan fingerprint density at radius 1 is 1.60 bits per heavy atom. The van der Waals surface area contributed by atoms with E-state index in [9.17, 15) is 4.79 Å². The molecule has 15 heavy (non-hydrogen) atoms. The van der Waals surface area contributed by atoms with E-state index in [0.29, 0.717) is 12.6 Å². The maximum absolute atomic E-state index is 10.5. The van der Waals surface area contributed by atoms with Gasteiger partial charge in [0.15, 0.2) is 0 Å². The topological polar surface area (TPSA) is 53.7 Å². The van der Waals surface area contributed by atoms with Crippen LogP contribution in [-0.2, 0) is 11.3 Å². The molecule has 0 spiro atoms. The number of hydrogen-bond donors (Lipinski definition) is 1. The summed E-state index contributed by atoms with van der Waals surface area (Å²) in [7, 11) is 0. The third-order valence-electron chi connectivity index (χ3n) is 2.64. The van der Waals surface area contributed by atoms with Crippen molar-refractivity contribution in [3.8, 4) is 0 Å². The molecule has 0 aliphatic heterocycles. The average Bonchev–Trinajstić information content (AvgIpc) is 2.91. The summed E-state index contributed by atoms with van der Waals surface area (Å²) in [5.74, 6) is -0.729. The predicted octanol–water partition coefficient (Wildman–Crippen LogP) is 1.72. The molecule has 0 atom stereocenters. The molecular formula is C11H15NO3. The quantitative estimate of drug-likeness (QED) is 0.775. The lowest BCUT2D eigenvalue weighted by Crippen LogP contribution is -2.27. The summed E-state index contributed by atoms with van der Waals surface area (Å²) in [6, 6.07) is 2.51. The molecular weight excluding hydrogens is 194 g/mol. The van der Waals surface area contributed by atoms with E-state index in [1.165, 1.54) is 12.8 Å². The first-order chi connectivity index (χ1) is 7.25. The highest BCUT2D eigenvalue weighted by molar-refractivity contribution is 5.66. The van der Waals surface area contributed by atoms with Crippen LogP contribution in [0.3, 0.4) is 0 Å². The van der Waals surface area contributed by atoms with Crippen LogP contribution in [0, 0.1) is 0 Å². The molecule has 1 heterocycles. The van der Waals surface area contributed by atoms with Gasteiger partial charge in [-0.1, -0.05) is 0 Å². The van der Waals surface area contributed by atoms with Crippen LogP contribution in [0.15, 0.2) is 23.0 Å². The Hall–Kier alpha value is -1.29. The molecule has 1 fully saturated rings. The van der Waals surface area contributed by atoms with Crippen molar-refractivity contribution in [2.45, 2.75) is 31.8 Å². The summed E-state index contributed by atoms with van der Waals surface area (Å²) >= 11 is 0. The molecule has 2 rings (SSSR count). The van der Waals surface area contributed by atoms with Crippen LogP contribution in [0.25, 0.3) is 0 Å². The first-order valence-corrected chi connectivity index (χ1v) is 5.22. The standard InChI is InChI=1S/C11H15NO3/c13-11(14)3-5-12(10-1-2-10)7-9-4-6-15-8-9/h4,6,8,10H,1-3,5,7H2,(H,13,14). The number of nitrogens with zero attached hydrogens (tertiary/aromatic N) is 1. The van der Waals surface area contributed by atoms with Crippen molar-refractivity contribution in [1.82, 2.24) is 4.90 Å². The second-order valence-corrected chi connectivity index (χ2v) is 3.98. The molecule has 1 aliphatic rings. The summed E-state index contributed by atoms with van der Waals surface area (Å²) in [5.41, 5.74) is 1.12. The van der Waals surface area contributed by atoms with Gasteiger partial charge in [0.1, 0.15) is 0 Å². The van der Waals surface area contributed by atoms with E-state index in [-0.39, 0.29) is 6.42 Å². The van der Waals surface area contributed by atoms with Crippen molar-refractivity contribution in [3.05, 3.63) is 24.2 Å². The molecule has 82 valence electrons. The first kappa shape index (κ1) is 10.2. The highest BCUT2D eigenvalue weighted by Gasteiger charge is 2.29. The number of aliphatic carboxylic acids is 1. The summed E-state index contributed by atoms with van der Waals surface area (Å²) in [5, 5.41) is 8.65. The van der Waals surface area contributed by atoms with Crippen LogP contribution < -0.4 is 0 Å². The molecule has 1 aliphatic carbocycles. The molecule has 0 unspecified atom stereocenters. The molecule has 1 aromatic rings. The van der Waals surface area contributed by atoms with Gasteiger partial charge in [-0.25, -0.2) is 0 Å². The molecule has 4 heteroatoms. The van der Waals surface area contributed by atoms with Crippen molar-refractivity contribution < 1.29 is 14.3 Å². The largest absolute Gasteiger partial charge is 0.481 e. The Balaban J connectivity index is 1.86.